The van der Waals surface area contributed by atoms with Crippen LogP contribution in [0.4, 0.5) is 0 Å². The molecule has 0 aliphatic heterocycles. The van der Waals surface area contributed by atoms with E-state index in [4.69, 9.17) is 0 Å². The average Bonchev–Trinajstić information content (AvgIpc) is 3.07. The Morgan fingerprint density at radius 2 is 1.25 bits per heavy atom. The number of nitrogens with zero attached hydrogens (tertiary/aromatic N) is 1. The molecule has 1 aliphatic carbocycles. The van der Waals surface area contributed by atoms with Crippen molar-refractivity contribution in [2.45, 2.75) is 32.7 Å². The summed E-state index contributed by atoms with van der Waals surface area (Å²) in [6.45, 7) is 3.34. The van der Waals surface area contributed by atoms with Crippen molar-refractivity contribution in [3.8, 4) is 22.4 Å². The van der Waals surface area contributed by atoms with Gasteiger partial charge in [-0.1, -0.05) is 91.9 Å². The monoisotopic (exact) mass is 363 g/mol. The predicted molar refractivity (Wildman–Crippen MR) is 118 cm³/mol. The largest absolute Gasteiger partial charge is 0.343 e. The third-order valence-electron chi connectivity index (χ3n) is 5.88. The summed E-state index contributed by atoms with van der Waals surface area (Å²) in [6.07, 6.45) is 3.18. The maximum atomic E-state index is 2.60. The summed E-state index contributed by atoms with van der Waals surface area (Å²) in [7, 11) is 0. The molecule has 0 saturated heterocycles. The van der Waals surface area contributed by atoms with Gasteiger partial charge < -0.3 is 4.57 Å². The molecule has 1 heteroatoms. The molecule has 1 aliphatic rings. The van der Waals surface area contributed by atoms with Gasteiger partial charge in [0.25, 0.3) is 0 Å². The summed E-state index contributed by atoms with van der Waals surface area (Å²) in [5.41, 5.74) is 11.4. The molecule has 0 atom stereocenters. The lowest BCUT2D eigenvalue weighted by Gasteiger charge is -2.20. The summed E-state index contributed by atoms with van der Waals surface area (Å²) in [5, 5.41) is 0. The van der Waals surface area contributed by atoms with Crippen LogP contribution in [0.1, 0.15) is 35.7 Å². The first-order valence-electron chi connectivity index (χ1n) is 10.3. The summed E-state index contributed by atoms with van der Waals surface area (Å²) in [5.74, 6) is 0. The lowest BCUT2D eigenvalue weighted by Crippen LogP contribution is -2.11. The van der Waals surface area contributed by atoms with Crippen LogP contribution in [0.2, 0.25) is 0 Å². The fourth-order valence-electron chi connectivity index (χ4n) is 4.67. The number of benzene rings is 3. The van der Waals surface area contributed by atoms with Crippen LogP contribution in [0.3, 0.4) is 0 Å². The quantitative estimate of drug-likeness (QED) is 0.334. The van der Waals surface area contributed by atoms with E-state index in [0.29, 0.717) is 0 Å². The summed E-state index contributed by atoms with van der Waals surface area (Å²) >= 11 is 0. The van der Waals surface area contributed by atoms with Crippen molar-refractivity contribution in [2.75, 3.05) is 0 Å². The highest BCUT2D eigenvalue weighted by molar-refractivity contribution is 5.86. The lowest BCUT2D eigenvalue weighted by molar-refractivity contribution is 0.655. The van der Waals surface area contributed by atoms with Crippen LogP contribution in [0.5, 0.6) is 0 Å². The van der Waals surface area contributed by atoms with E-state index in [-0.39, 0.29) is 0 Å². The third-order valence-corrected chi connectivity index (χ3v) is 5.88. The van der Waals surface area contributed by atoms with Gasteiger partial charge in [-0.2, -0.15) is 0 Å². The molecule has 1 aromatic heterocycles. The Morgan fingerprint density at radius 3 is 1.89 bits per heavy atom. The summed E-state index contributed by atoms with van der Waals surface area (Å²) < 4.78 is 2.60. The second-order valence-corrected chi connectivity index (χ2v) is 7.65. The minimum atomic E-state index is 1.02. The SMILES string of the molecule is CCCn1c2c(c(-c3ccccc3)c1-c1ccccc1)Cc1ccccc1C2. The molecule has 0 saturated carbocycles. The maximum Gasteiger partial charge on any atom is 0.0565 e. The Labute approximate surface area is 167 Å². The molecule has 0 N–H and O–H groups in total. The Morgan fingerprint density at radius 1 is 0.679 bits per heavy atom. The van der Waals surface area contributed by atoms with Crippen molar-refractivity contribution in [2.24, 2.45) is 0 Å². The van der Waals surface area contributed by atoms with E-state index < -0.39 is 0 Å². The van der Waals surface area contributed by atoms with E-state index in [1.54, 1.807) is 0 Å². The molecule has 1 heterocycles. The van der Waals surface area contributed by atoms with Gasteiger partial charge in [0, 0.05) is 30.6 Å². The number of hydrogen-bond acceptors (Lipinski definition) is 0. The Balaban J connectivity index is 1.82. The van der Waals surface area contributed by atoms with Crippen LogP contribution in [0, 0.1) is 0 Å². The molecule has 0 spiro atoms. The van der Waals surface area contributed by atoms with Gasteiger partial charge in [0.05, 0.1) is 5.69 Å². The maximum absolute atomic E-state index is 2.60. The van der Waals surface area contributed by atoms with E-state index >= 15 is 0 Å². The fraction of sp³-hybridized carbons (Fsp3) is 0.185. The second kappa shape index (κ2) is 7.16. The zero-order valence-corrected chi connectivity index (χ0v) is 16.4. The highest BCUT2D eigenvalue weighted by atomic mass is 15.0. The minimum Gasteiger partial charge on any atom is -0.343 e. The molecule has 4 aromatic rings. The molecular formula is C27H25N. The van der Waals surface area contributed by atoms with Crippen LogP contribution in [0.25, 0.3) is 22.4 Å². The molecule has 138 valence electrons. The number of aromatic nitrogens is 1. The van der Waals surface area contributed by atoms with E-state index in [2.05, 4.69) is 96.4 Å². The first-order valence-corrected chi connectivity index (χ1v) is 10.3. The van der Waals surface area contributed by atoms with Crippen molar-refractivity contribution < 1.29 is 0 Å². The van der Waals surface area contributed by atoms with Crippen LogP contribution >= 0.6 is 0 Å². The molecule has 1 nitrogen and oxygen atoms in total. The number of fused-ring (bicyclic) bond motifs is 2. The van der Waals surface area contributed by atoms with Crippen molar-refractivity contribution in [1.29, 1.82) is 0 Å². The molecule has 0 radical (unpaired) electrons. The van der Waals surface area contributed by atoms with Crippen LogP contribution in [-0.2, 0) is 19.4 Å². The van der Waals surface area contributed by atoms with Gasteiger partial charge in [-0.15, -0.1) is 0 Å². The Hall–Kier alpha value is -3.06. The first kappa shape index (κ1) is 17.1. The Kier molecular flexibility index (Phi) is 4.37. The fourth-order valence-corrected chi connectivity index (χ4v) is 4.67. The summed E-state index contributed by atoms with van der Waals surface area (Å²) in [4.78, 5) is 0. The van der Waals surface area contributed by atoms with Crippen LogP contribution < -0.4 is 0 Å². The number of rotatable bonds is 4. The van der Waals surface area contributed by atoms with Crippen molar-refractivity contribution in [3.63, 3.8) is 0 Å². The molecule has 0 amide bonds. The van der Waals surface area contributed by atoms with Gasteiger partial charge in [-0.3, -0.25) is 0 Å². The van der Waals surface area contributed by atoms with Gasteiger partial charge in [0.15, 0.2) is 0 Å². The zero-order valence-electron chi connectivity index (χ0n) is 16.4. The van der Waals surface area contributed by atoms with Gasteiger partial charge in [0.2, 0.25) is 0 Å². The Bertz CT molecular complexity index is 1100. The second-order valence-electron chi connectivity index (χ2n) is 7.65. The van der Waals surface area contributed by atoms with Gasteiger partial charge in [0.1, 0.15) is 0 Å². The molecule has 28 heavy (non-hydrogen) atoms. The van der Waals surface area contributed by atoms with Gasteiger partial charge >= 0.3 is 0 Å². The molecular weight excluding hydrogens is 338 g/mol. The molecule has 3 aromatic carbocycles. The third kappa shape index (κ3) is 2.79. The van der Waals surface area contributed by atoms with E-state index in [9.17, 15) is 0 Å². The average molecular weight is 364 g/mol. The topological polar surface area (TPSA) is 4.93 Å². The highest BCUT2D eigenvalue weighted by Crippen LogP contribution is 2.43. The molecule has 0 fully saturated rings. The molecule has 0 bridgehead atoms. The zero-order chi connectivity index (χ0) is 18.9. The minimum absolute atomic E-state index is 1.02. The van der Waals surface area contributed by atoms with Crippen molar-refractivity contribution >= 4 is 0 Å². The van der Waals surface area contributed by atoms with Crippen molar-refractivity contribution in [1.82, 2.24) is 4.57 Å². The predicted octanol–water partition coefficient (Wildman–Crippen LogP) is 6.73. The van der Waals surface area contributed by atoms with E-state index in [1.165, 1.54) is 44.8 Å². The van der Waals surface area contributed by atoms with E-state index in [0.717, 1.165) is 25.8 Å². The van der Waals surface area contributed by atoms with E-state index in [1.807, 2.05) is 0 Å². The van der Waals surface area contributed by atoms with Gasteiger partial charge in [-0.25, -0.2) is 0 Å². The molecule has 5 rings (SSSR count). The lowest BCUT2D eigenvalue weighted by atomic mass is 9.86. The van der Waals surface area contributed by atoms with Crippen molar-refractivity contribution in [3.05, 3.63) is 107 Å². The standard InChI is InChI=1S/C27H25N/c1-2-17-28-25-19-23-16-10-9-15-22(23)18-24(25)26(20-11-5-3-6-12-20)27(28)21-13-7-4-8-14-21/h3-16H,2,17-19H2,1H3. The van der Waals surface area contributed by atoms with Crippen LogP contribution in [0.15, 0.2) is 84.9 Å². The first-order chi connectivity index (χ1) is 13.9. The normalized spacial score (nSPS) is 12.5. The molecule has 0 unspecified atom stereocenters. The summed E-state index contributed by atoms with van der Waals surface area (Å²) in [6, 6.07) is 30.8. The van der Waals surface area contributed by atoms with Gasteiger partial charge in [-0.05, 0) is 34.2 Å². The highest BCUT2D eigenvalue weighted by Gasteiger charge is 2.28. The smallest absolute Gasteiger partial charge is 0.0565 e. The number of hydrogen-bond donors (Lipinski definition) is 0. The van der Waals surface area contributed by atoms with Crippen LogP contribution in [-0.4, -0.2) is 4.57 Å².